The smallest absolute Gasteiger partial charge is 0.350 e. The van der Waals surface area contributed by atoms with Crippen LogP contribution >= 0.6 is 11.3 Å². The molecule has 7 nitrogen and oxygen atoms in total. The van der Waals surface area contributed by atoms with Gasteiger partial charge in [0.1, 0.15) is 22.4 Å². The Morgan fingerprint density at radius 2 is 2.10 bits per heavy atom. The number of anilines is 1. The lowest BCUT2D eigenvalue weighted by molar-refractivity contribution is 0.0531. The van der Waals surface area contributed by atoms with Gasteiger partial charge in [-0.3, -0.25) is 0 Å². The van der Waals surface area contributed by atoms with Gasteiger partial charge >= 0.3 is 5.97 Å². The normalized spacial score (nSPS) is 16.0. The van der Waals surface area contributed by atoms with Gasteiger partial charge in [-0.1, -0.05) is 11.3 Å². The molecule has 150 valence electrons. The number of furan rings is 1. The van der Waals surface area contributed by atoms with E-state index in [-0.39, 0.29) is 12.0 Å². The van der Waals surface area contributed by atoms with E-state index >= 15 is 0 Å². The molecule has 0 fully saturated rings. The predicted octanol–water partition coefficient (Wildman–Crippen LogP) is 4.59. The van der Waals surface area contributed by atoms with Crippen molar-refractivity contribution < 1.29 is 18.7 Å². The Morgan fingerprint density at radius 3 is 2.76 bits per heavy atom. The Morgan fingerprint density at radius 1 is 1.31 bits per heavy atom. The number of hydrogen-bond donors (Lipinski definition) is 0. The number of esters is 1. The molecule has 0 amide bonds. The van der Waals surface area contributed by atoms with E-state index in [1.807, 2.05) is 41.4 Å². The summed E-state index contributed by atoms with van der Waals surface area (Å²) in [7, 11) is 1.64. The highest BCUT2D eigenvalue weighted by Gasteiger charge is 2.34. The molecule has 1 atom stereocenters. The van der Waals surface area contributed by atoms with Crippen molar-refractivity contribution in [3.63, 3.8) is 0 Å². The maximum Gasteiger partial charge on any atom is 0.350 e. The van der Waals surface area contributed by atoms with Gasteiger partial charge in [-0.2, -0.15) is 5.10 Å². The highest BCUT2D eigenvalue weighted by molar-refractivity contribution is 7.17. The second-order valence-electron chi connectivity index (χ2n) is 6.49. The van der Waals surface area contributed by atoms with Gasteiger partial charge in [-0.05, 0) is 55.8 Å². The molecule has 0 saturated heterocycles. The minimum absolute atomic E-state index is 0.136. The fraction of sp³-hybridized carbons (Fsp3) is 0.286. The summed E-state index contributed by atoms with van der Waals surface area (Å²) in [6, 6.07) is 11.4. The van der Waals surface area contributed by atoms with Crippen LogP contribution < -0.4 is 9.75 Å². The van der Waals surface area contributed by atoms with Crippen molar-refractivity contribution in [2.45, 2.75) is 26.3 Å². The number of methoxy groups -OCH3 is 1. The minimum atomic E-state index is -0.359. The van der Waals surface area contributed by atoms with Crippen LogP contribution in [0.5, 0.6) is 5.75 Å². The zero-order valence-electron chi connectivity index (χ0n) is 16.4. The van der Waals surface area contributed by atoms with E-state index in [9.17, 15) is 4.79 Å². The second-order valence-corrected chi connectivity index (χ2v) is 7.46. The van der Waals surface area contributed by atoms with Gasteiger partial charge in [0, 0.05) is 6.42 Å². The average Bonchev–Trinajstić information content (AvgIpc) is 3.47. The molecule has 3 aromatic rings. The van der Waals surface area contributed by atoms with Crippen LogP contribution in [-0.2, 0) is 4.74 Å². The number of hydrogen-bond acceptors (Lipinski definition) is 8. The SMILES string of the molecule is CCOC(=O)c1sc(N2N=C(c3ccc(OC)cc3)CC2c2ccco2)nc1C. The van der Waals surface area contributed by atoms with E-state index in [4.69, 9.17) is 19.0 Å². The monoisotopic (exact) mass is 411 g/mol. The summed E-state index contributed by atoms with van der Waals surface area (Å²) in [6.45, 7) is 3.91. The summed E-state index contributed by atoms with van der Waals surface area (Å²) in [4.78, 5) is 17.3. The van der Waals surface area contributed by atoms with Gasteiger partial charge in [-0.25, -0.2) is 14.8 Å². The number of rotatable bonds is 6. The highest BCUT2D eigenvalue weighted by Crippen LogP contribution is 2.39. The largest absolute Gasteiger partial charge is 0.497 e. The quantitative estimate of drug-likeness (QED) is 0.552. The molecule has 1 unspecified atom stereocenters. The Hall–Kier alpha value is -3.13. The summed E-state index contributed by atoms with van der Waals surface area (Å²) in [5, 5.41) is 7.29. The molecule has 8 heteroatoms. The lowest BCUT2D eigenvalue weighted by atomic mass is 10.0. The van der Waals surface area contributed by atoms with Gasteiger partial charge in [-0.15, -0.1) is 0 Å². The first-order chi connectivity index (χ1) is 14.1. The van der Waals surface area contributed by atoms with Gasteiger partial charge in [0.05, 0.1) is 31.4 Å². The van der Waals surface area contributed by atoms with Crippen molar-refractivity contribution >= 4 is 28.1 Å². The number of hydrazone groups is 1. The number of carbonyl (C=O) groups excluding carboxylic acids is 1. The Bertz CT molecular complexity index is 1020. The first-order valence-electron chi connectivity index (χ1n) is 9.29. The predicted molar refractivity (Wildman–Crippen MR) is 111 cm³/mol. The van der Waals surface area contributed by atoms with Crippen molar-refractivity contribution in [3.8, 4) is 5.75 Å². The van der Waals surface area contributed by atoms with E-state index < -0.39 is 0 Å². The molecule has 0 N–H and O–H groups in total. The first kappa shape index (κ1) is 19.2. The van der Waals surface area contributed by atoms with Gasteiger partial charge < -0.3 is 13.9 Å². The Kier molecular flexibility index (Phi) is 5.35. The molecule has 0 spiro atoms. The van der Waals surface area contributed by atoms with Gasteiger partial charge in [0.25, 0.3) is 0 Å². The molecular weight excluding hydrogens is 390 g/mol. The summed E-state index contributed by atoms with van der Waals surface area (Å²) >= 11 is 1.28. The van der Waals surface area contributed by atoms with E-state index in [0.29, 0.717) is 28.7 Å². The third kappa shape index (κ3) is 3.75. The van der Waals surface area contributed by atoms with E-state index in [1.54, 1.807) is 27.2 Å². The molecule has 0 aliphatic carbocycles. The van der Waals surface area contributed by atoms with E-state index in [1.165, 1.54) is 11.3 Å². The topological polar surface area (TPSA) is 77.2 Å². The van der Waals surface area contributed by atoms with Crippen LogP contribution in [0.1, 0.15) is 46.1 Å². The Balaban J connectivity index is 1.70. The lowest BCUT2D eigenvalue weighted by Crippen LogP contribution is -2.17. The molecule has 1 aromatic carbocycles. The fourth-order valence-corrected chi connectivity index (χ4v) is 4.18. The van der Waals surface area contributed by atoms with Gasteiger partial charge in [0.2, 0.25) is 5.13 Å². The standard InChI is InChI=1S/C21H21N3O4S/c1-4-27-20(25)19-13(2)22-21(29-19)24-17(18-6-5-11-28-18)12-16(23-24)14-7-9-15(26-3)10-8-14/h5-11,17H,4,12H2,1-3H3. The number of nitrogens with zero attached hydrogens (tertiary/aromatic N) is 3. The minimum Gasteiger partial charge on any atom is -0.497 e. The number of aryl methyl sites for hydroxylation is 1. The summed E-state index contributed by atoms with van der Waals surface area (Å²) < 4.78 is 16.0. The molecule has 29 heavy (non-hydrogen) atoms. The van der Waals surface area contributed by atoms with E-state index in [2.05, 4.69) is 4.98 Å². The third-order valence-electron chi connectivity index (χ3n) is 4.65. The number of benzene rings is 1. The molecule has 0 bridgehead atoms. The van der Waals surface area contributed by atoms with E-state index in [0.717, 1.165) is 22.8 Å². The van der Waals surface area contributed by atoms with Crippen molar-refractivity contribution in [2.24, 2.45) is 5.10 Å². The maximum atomic E-state index is 12.2. The average molecular weight is 411 g/mol. The number of carbonyl (C=O) groups is 1. The summed E-state index contributed by atoms with van der Waals surface area (Å²) in [5.74, 6) is 1.23. The molecule has 0 radical (unpaired) electrons. The zero-order valence-corrected chi connectivity index (χ0v) is 17.2. The van der Waals surface area contributed by atoms with Crippen LogP contribution in [0, 0.1) is 6.92 Å². The lowest BCUT2D eigenvalue weighted by Gasteiger charge is -2.18. The molecule has 1 aliphatic heterocycles. The van der Waals surface area contributed by atoms with Crippen molar-refractivity contribution in [3.05, 3.63) is 64.6 Å². The van der Waals surface area contributed by atoms with Crippen LogP contribution in [0.4, 0.5) is 5.13 Å². The van der Waals surface area contributed by atoms with Crippen LogP contribution in [0.2, 0.25) is 0 Å². The summed E-state index contributed by atoms with van der Waals surface area (Å²) in [6.07, 6.45) is 2.31. The molecule has 2 aromatic heterocycles. The fourth-order valence-electron chi connectivity index (χ4n) is 3.21. The first-order valence-corrected chi connectivity index (χ1v) is 10.1. The third-order valence-corrected chi connectivity index (χ3v) is 5.77. The van der Waals surface area contributed by atoms with Crippen LogP contribution in [0.25, 0.3) is 0 Å². The summed E-state index contributed by atoms with van der Waals surface area (Å²) in [5.41, 5.74) is 2.55. The van der Waals surface area contributed by atoms with Crippen LogP contribution in [0.3, 0.4) is 0 Å². The maximum absolute atomic E-state index is 12.2. The van der Waals surface area contributed by atoms with Crippen molar-refractivity contribution in [1.29, 1.82) is 0 Å². The molecule has 4 rings (SSSR count). The molecule has 0 saturated carbocycles. The van der Waals surface area contributed by atoms with Crippen LogP contribution in [-0.4, -0.2) is 30.4 Å². The van der Waals surface area contributed by atoms with Crippen molar-refractivity contribution in [2.75, 3.05) is 18.7 Å². The second kappa shape index (κ2) is 8.08. The number of ether oxygens (including phenoxy) is 2. The highest BCUT2D eigenvalue weighted by atomic mass is 32.1. The molecule has 1 aliphatic rings. The number of thiazole rings is 1. The number of aromatic nitrogens is 1. The van der Waals surface area contributed by atoms with Crippen LogP contribution in [0.15, 0.2) is 52.2 Å². The zero-order chi connectivity index (χ0) is 20.4. The molecular formula is C21H21N3O4S. The molecule has 3 heterocycles. The Labute approximate surface area is 172 Å². The van der Waals surface area contributed by atoms with Gasteiger partial charge in [0.15, 0.2) is 0 Å². The van der Waals surface area contributed by atoms with Crippen molar-refractivity contribution in [1.82, 2.24) is 4.98 Å².